The second-order valence-corrected chi connectivity index (χ2v) is 6.73. The molecule has 1 aromatic carbocycles. The molecular weight excluding hydrogens is 280 g/mol. The molecule has 0 aromatic heterocycles. The Bertz CT molecular complexity index is 576. The summed E-state index contributed by atoms with van der Waals surface area (Å²) < 4.78 is 33.8. The van der Waals surface area contributed by atoms with Gasteiger partial charge in [-0.05, 0) is 37.3 Å². The molecule has 0 unspecified atom stereocenters. The molecule has 0 saturated heterocycles. The van der Waals surface area contributed by atoms with E-state index in [0.717, 1.165) is 12.0 Å². The number of hydrogen-bond donors (Lipinski definition) is 0. The van der Waals surface area contributed by atoms with E-state index in [0.29, 0.717) is 6.61 Å². The van der Waals surface area contributed by atoms with Gasteiger partial charge in [-0.3, -0.25) is 8.98 Å². The fourth-order valence-corrected chi connectivity index (χ4v) is 2.85. The van der Waals surface area contributed by atoms with E-state index in [1.165, 1.54) is 19.1 Å². The first-order valence-corrected chi connectivity index (χ1v) is 7.89. The Labute approximate surface area is 119 Å². The molecule has 1 fully saturated rings. The SMILES string of the molecule is CC(=O)OC[C@H]1C[C@H]1COS(=O)(=O)c1ccc(C)cc1. The minimum absolute atomic E-state index is 0.141. The van der Waals surface area contributed by atoms with Crippen molar-refractivity contribution in [3.63, 3.8) is 0 Å². The first kappa shape index (κ1) is 15.0. The summed E-state index contributed by atoms with van der Waals surface area (Å²) in [5, 5.41) is 0. The summed E-state index contributed by atoms with van der Waals surface area (Å²) in [5.41, 5.74) is 0.993. The lowest BCUT2D eigenvalue weighted by molar-refractivity contribution is -0.141. The van der Waals surface area contributed by atoms with Gasteiger partial charge in [0.15, 0.2) is 0 Å². The number of ether oxygens (including phenoxy) is 1. The smallest absolute Gasteiger partial charge is 0.302 e. The Morgan fingerprint density at radius 1 is 1.20 bits per heavy atom. The van der Waals surface area contributed by atoms with Crippen molar-refractivity contribution in [1.82, 2.24) is 0 Å². The van der Waals surface area contributed by atoms with Crippen molar-refractivity contribution < 1.29 is 22.1 Å². The number of rotatable bonds is 6. The first-order chi connectivity index (χ1) is 9.38. The molecular formula is C14H18O5S. The highest BCUT2D eigenvalue weighted by molar-refractivity contribution is 7.86. The summed E-state index contributed by atoms with van der Waals surface area (Å²) >= 11 is 0. The van der Waals surface area contributed by atoms with Crippen LogP contribution in [0.25, 0.3) is 0 Å². The molecule has 5 nitrogen and oxygen atoms in total. The Hall–Kier alpha value is -1.40. The molecule has 1 aliphatic carbocycles. The standard InChI is InChI=1S/C14H18O5S/c1-10-3-5-14(6-4-10)20(16,17)19-9-13-7-12(13)8-18-11(2)15/h3-6,12-13H,7-9H2,1-2H3/t12-,13+/m1/s1. The molecule has 1 aromatic rings. The second-order valence-electron chi connectivity index (χ2n) is 5.11. The summed E-state index contributed by atoms with van der Waals surface area (Å²) in [6.07, 6.45) is 0.830. The second kappa shape index (κ2) is 5.93. The number of carbonyl (C=O) groups is 1. The zero-order valence-electron chi connectivity index (χ0n) is 11.5. The lowest BCUT2D eigenvalue weighted by Crippen LogP contribution is -2.10. The van der Waals surface area contributed by atoms with Crippen LogP contribution in [-0.2, 0) is 23.8 Å². The number of aryl methyl sites for hydroxylation is 1. The molecule has 2 atom stereocenters. The van der Waals surface area contributed by atoms with Crippen LogP contribution in [0.5, 0.6) is 0 Å². The number of carbonyl (C=O) groups excluding carboxylic acids is 1. The summed E-state index contributed by atoms with van der Waals surface area (Å²) in [6, 6.07) is 6.54. The molecule has 110 valence electrons. The molecule has 2 rings (SSSR count). The molecule has 1 saturated carbocycles. The summed E-state index contributed by atoms with van der Waals surface area (Å²) in [7, 11) is -3.69. The number of esters is 1. The van der Waals surface area contributed by atoms with Crippen LogP contribution in [0.3, 0.4) is 0 Å². The third kappa shape index (κ3) is 4.05. The average molecular weight is 298 g/mol. The van der Waals surface area contributed by atoms with Crippen LogP contribution in [0.4, 0.5) is 0 Å². The normalized spacial score (nSPS) is 21.5. The van der Waals surface area contributed by atoms with Gasteiger partial charge in [0.1, 0.15) is 0 Å². The van der Waals surface area contributed by atoms with E-state index in [4.69, 9.17) is 8.92 Å². The van der Waals surface area contributed by atoms with Crippen molar-refractivity contribution in [2.45, 2.75) is 25.2 Å². The van der Waals surface area contributed by atoms with Gasteiger partial charge in [0.2, 0.25) is 0 Å². The third-order valence-electron chi connectivity index (χ3n) is 3.32. The summed E-state index contributed by atoms with van der Waals surface area (Å²) in [6.45, 7) is 3.73. The van der Waals surface area contributed by atoms with Crippen molar-refractivity contribution in [2.75, 3.05) is 13.2 Å². The zero-order chi connectivity index (χ0) is 14.8. The molecule has 0 spiro atoms. The highest BCUT2D eigenvalue weighted by atomic mass is 32.2. The predicted octanol–water partition coefficient (Wildman–Crippen LogP) is 1.90. The van der Waals surface area contributed by atoms with Gasteiger partial charge in [-0.15, -0.1) is 0 Å². The highest BCUT2D eigenvalue weighted by Crippen LogP contribution is 2.39. The molecule has 1 aliphatic rings. The maximum absolute atomic E-state index is 11.9. The average Bonchev–Trinajstić information content (AvgIpc) is 3.13. The topological polar surface area (TPSA) is 69.7 Å². The van der Waals surface area contributed by atoms with E-state index < -0.39 is 10.1 Å². The largest absolute Gasteiger partial charge is 0.466 e. The van der Waals surface area contributed by atoms with Gasteiger partial charge in [-0.1, -0.05) is 17.7 Å². The van der Waals surface area contributed by atoms with Crippen molar-refractivity contribution >= 4 is 16.1 Å². The van der Waals surface area contributed by atoms with Crippen LogP contribution in [-0.4, -0.2) is 27.6 Å². The molecule has 0 radical (unpaired) electrons. The van der Waals surface area contributed by atoms with Gasteiger partial charge in [0.05, 0.1) is 18.1 Å². The van der Waals surface area contributed by atoms with E-state index >= 15 is 0 Å². The molecule has 0 N–H and O–H groups in total. The van der Waals surface area contributed by atoms with E-state index in [2.05, 4.69) is 0 Å². The van der Waals surface area contributed by atoms with Crippen LogP contribution < -0.4 is 0 Å². The van der Waals surface area contributed by atoms with Gasteiger partial charge >= 0.3 is 5.97 Å². The third-order valence-corrected chi connectivity index (χ3v) is 4.61. The lowest BCUT2D eigenvalue weighted by Gasteiger charge is -2.06. The minimum atomic E-state index is -3.69. The van der Waals surface area contributed by atoms with E-state index in [9.17, 15) is 13.2 Å². The van der Waals surface area contributed by atoms with Gasteiger partial charge < -0.3 is 4.74 Å². The van der Waals surface area contributed by atoms with Crippen LogP contribution in [0, 0.1) is 18.8 Å². The van der Waals surface area contributed by atoms with Crippen LogP contribution >= 0.6 is 0 Å². The van der Waals surface area contributed by atoms with Gasteiger partial charge in [0, 0.05) is 6.92 Å². The summed E-state index contributed by atoms with van der Waals surface area (Å²) in [5.74, 6) is 0.0468. The van der Waals surface area contributed by atoms with E-state index in [1.807, 2.05) is 6.92 Å². The molecule has 6 heteroatoms. The van der Waals surface area contributed by atoms with Crippen LogP contribution in [0.2, 0.25) is 0 Å². The van der Waals surface area contributed by atoms with Crippen LogP contribution in [0.1, 0.15) is 18.9 Å². The van der Waals surface area contributed by atoms with E-state index in [-0.39, 0.29) is 29.3 Å². The van der Waals surface area contributed by atoms with Crippen molar-refractivity contribution in [3.05, 3.63) is 29.8 Å². The maximum Gasteiger partial charge on any atom is 0.302 e. The predicted molar refractivity (Wildman–Crippen MR) is 72.5 cm³/mol. The van der Waals surface area contributed by atoms with E-state index in [1.54, 1.807) is 12.1 Å². The number of benzene rings is 1. The highest BCUT2D eigenvalue weighted by Gasteiger charge is 2.39. The molecule has 0 heterocycles. The van der Waals surface area contributed by atoms with Gasteiger partial charge in [-0.2, -0.15) is 8.42 Å². The van der Waals surface area contributed by atoms with Crippen LogP contribution in [0.15, 0.2) is 29.2 Å². The lowest BCUT2D eigenvalue weighted by atomic mass is 10.2. The number of hydrogen-bond acceptors (Lipinski definition) is 5. The first-order valence-electron chi connectivity index (χ1n) is 6.48. The zero-order valence-corrected chi connectivity index (χ0v) is 12.4. The Morgan fingerprint density at radius 2 is 1.80 bits per heavy atom. The minimum Gasteiger partial charge on any atom is -0.466 e. The Morgan fingerprint density at radius 3 is 2.40 bits per heavy atom. The Balaban J connectivity index is 1.82. The van der Waals surface area contributed by atoms with Gasteiger partial charge in [0.25, 0.3) is 10.1 Å². The van der Waals surface area contributed by atoms with Crippen molar-refractivity contribution in [2.24, 2.45) is 11.8 Å². The molecule has 0 bridgehead atoms. The van der Waals surface area contributed by atoms with Crippen molar-refractivity contribution in [3.8, 4) is 0 Å². The fourth-order valence-electron chi connectivity index (χ4n) is 1.89. The molecule has 20 heavy (non-hydrogen) atoms. The maximum atomic E-state index is 11.9. The molecule has 0 aliphatic heterocycles. The Kier molecular flexibility index (Phi) is 4.45. The summed E-state index contributed by atoms with van der Waals surface area (Å²) in [4.78, 5) is 10.8. The quantitative estimate of drug-likeness (QED) is 0.592. The van der Waals surface area contributed by atoms with Crippen molar-refractivity contribution in [1.29, 1.82) is 0 Å². The van der Waals surface area contributed by atoms with Gasteiger partial charge in [-0.25, -0.2) is 0 Å². The molecule has 0 amide bonds. The fraction of sp³-hybridized carbons (Fsp3) is 0.500. The monoisotopic (exact) mass is 298 g/mol.